The molecule has 1 atom stereocenters. The molecule has 0 bridgehead atoms. The van der Waals surface area contributed by atoms with E-state index < -0.39 is 10.0 Å². The topological polar surface area (TPSA) is 50.3 Å². The van der Waals surface area contributed by atoms with Crippen molar-refractivity contribution >= 4 is 26.6 Å². The van der Waals surface area contributed by atoms with Crippen LogP contribution >= 0.6 is 0 Å². The monoisotopic (exact) mass is 338 g/mol. The fourth-order valence-corrected chi connectivity index (χ4v) is 5.12. The minimum atomic E-state index is -3.65. The Morgan fingerprint density at radius 1 is 1.12 bits per heavy atom. The number of aryl methyl sites for hydroxylation is 1. The summed E-state index contributed by atoms with van der Waals surface area (Å²) in [6, 6.07) is 15.0. The average molecular weight is 338 g/mol. The molecule has 24 heavy (non-hydrogen) atoms. The molecule has 1 aromatic heterocycles. The Balaban J connectivity index is 1.91. The van der Waals surface area contributed by atoms with Crippen LogP contribution in [-0.4, -0.2) is 19.9 Å². The van der Waals surface area contributed by atoms with Crippen LogP contribution < -0.4 is 4.31 Å². The maximum atomic E-state index is 13.3. The van der Waals surface area contributed by atoms with Gasteiger partial charge in [0.15, 0.2) is 0 Å². The molecule has 1 aliphatic heterocycles. The molecule has 0 aliphatic carbocycles. The van der Waals surface area contributed by atoms with E-state index in [2.05, 4.69) is 11.9 Å². The number of nitrogens with zero attached hydrogens (tertiary/aromatic N) is 2. The zero-order valence-corrected chi connectivity index (χ0v) is 14.4. The van der Waals surface area contributed by atoms with E-state index in [0.29, 0.717) is 12.1 Å². The molecule has 122 valence electrons. The Bertz CT molecular complexity index is 1040. The molecule has 0 saturated carbocycles. The lowest BCUT2D eigenvalue weighted by Gasteiger charge is -2.20. The van der Waals surface area contributed by atoms with Gasteiger partial charge in [0.25, 0.3) is 10.0 Å². The van der Waals surface area contributed by atoms with Gasteiger partial charge in [-0.05, 0) is 36.2 Å². The largest absolute Gasteiger partial charge is 0.266 e. The minimum absolute atomic E-state index is 0.182. The number of aromatic nitrogens is 1. The van der Waals surface area contributed by atoms with Gasteiger partial charge < -0.3 is 0 Å². The maximum absolute atomic E-state index is 13.3. The van der Waals surface area contributed by atoms with E-state index in [1.807, 2.05) is 43.3 Å². The quantitative estimate of drug-likeness (QED) is 0.713. The lowest BCUT2D eigenvalue weighted by molar-refractivity contribution is 0.591. The van der Waals surface area contributed by atoms with E-state index in [4.69, 9.17) is 0 Å². The number of benzene rings is 2. The molecule has 0 spiro atoms. The number of fused-ring (bicyclic) bond motifs is 2. The summed E-state index contributed by atoms with van der Waals surface area (Å²) in [5, 5.41) is 0.844. The lowest BCUT2D eigenvalue weighted by atomic mass is 10.0. The maximum Gasteiger partial charge on any atom is 0.266 e. The summed E-state index contributed by atoms with van der Waals surface area (Å²) >= 11 is 0. The summed E-state index contributed by atoms with van der Waals surface area (Å²) in [7, 11) is -3.65. The summed E-state index contributed by atoms with van der Waals surface area (Å²) in [4.78, 5) is 4.66. The van der Waals surface area contributed by atoms with Crippen LogP contribution in [0.3, 0.4) is 0 Å². The van der Waals surface area contributed by atoms with E-state index in [9.17, 15) is 8.42 Å². The molecule has 3 aromatic rings. The third-order valence-corrected chi connectivity index (χ3v) is 6.37. The SMILES string of the molecule is Cc1cnc2c(S(=O)(=O)N3CC(C)c4ccccc43)cccc2c1. The first-order valence-corrected chi connectivity index (χ1v) is 9.39. The molecular weight excluding hydrogens is 320 g/mol. The second-order valence-electron chi connectivity index (χ2n) is 6.34. The highest BCUT2D eigenvalue weighted by molar-refractivity contribution is 7.93. The van der Waals surface area contributed by atoms with Gasteiger partial charge >= 0.3 is 0 Å². The van der Waals surface area contributed by atoms with E-state index >= 15 is 0 Å². The van der Waals surface area contributed by atoms with Crippen LogP contribution in [0.5, 0.6) is 0 Å². The number of hydrogen-bond donors (Lipinski definition) is 0. The first kappa shape index (κ1) is 15.1. The summed E-state index contributed by atoms with van der Waals surface area (Å²) in [5.41, 5.74) is 3.39. The molecule has 1 aliphatic rings. The molecular formula is C19H18N2O2S. The van der Waals surface area contributed by atoms with Crippen molar-refractivity contribution in [3.8, 4) is 0 Å². The molecule has 2 heterocycles. The molecule has 0 amide bonds. The van der Waals surface area contributed by atoms with Crippen molar-refractivity contribution in [2.75, 3.05) is 10.8 Å². The van der Waals surface area contributed by atoms with Gasteiger partial charge in [-0.15, -0.1) is 0 Å². The fraction of sp³-hybridized carbons (Fsp3) is 0.211. The smallest absolute Gasteiger partial charge is 0.265 e. The number of rotatable bonds is 2. The highest BCUT2D eigenvalue weighted by Crippen LogP contribution is 2.39. The normalized spacial score (nSPS) is 17.2. The summed E-state index contributed by atoms with van der Waals surface area (Å²) in [5.74, 6) is 0.182. The van der Waals surface area contributed by atoms with E-state index in [0.717, 1.165) is 22.2 Å². The van der Waals surface area contributed by atoms with Crippen LogP contribution in [0.4, 0.5) is 5.69 Å². The van der Waals surface area contributed by atoms with Gasteiger partial charge in [0, 0.05) is 24.0 Å². The zero-order chi connectivity index (χ0) is 16.9. The van der Waals surface area contributed by atoms with Crippen LogP contribution in [0.15, 0.2) is 59.6 Å². The number of anilines is 1. The molecule has 2 aromatic carbocycles. The highest BCUT2D eigenvalue weighted by Gasteiger charge is 2.35. The van der Waals surface area contributed by atoms with Crippen LogP contribution in [0, 0.1) is 6.92 Å². The van der Waals surface area contributed by atoms with Crippen LogP contribution in [-0.2, 0) is 10.0 Å². The van der Waals surface area contributed by atoms with Gasteiger partial charge in [0.1, 0.15) is 4.90 Å². The second kappa shape index (κ2) is 5.31. The summed E-state index contributed by atoms with van der Waals surface area (Å²) < 4.78 is 28.2. The van der Waals surface area contributed by atoms with E-state index in [-0.39, 0.29) is 10.8 Å². The standard InChI is InChI=1S/C19H18N2O2S/c1-13-10-15-6-5-9-18(19(15)20-11-13)24(22,23)21-12-14(2)16-7-3-4-8-17(16)21/h3-11,14H,12H2,1-2H3. The highest BCUT2D eigenvalue weighted by atomic mass is 32.2. The first-order chi connectivity index (χ1) is 11.5. The minimum Gasteiger partial charge on any atom is -0.265 e. The van der Waals surface area contributed by atoms with Crippen LogP contribution in [0.2, 0.25) is 0 Å². The molecule has 5 heteroatoms. The Morgan fingerprint density at radius 3 is 2.75 bits per heavy atom. The summed E-state index contributed by atoms with van der Waals surface area (Å²) in [6.45, 7) is 4.47. The average Bonchev–Trinajstić information content (AvgIpc) is 2.92. The fourth-order valence-electron chi connectivity index (χ4n) is 3.37. The van der Waals surface area contributed by atoms with E-state index in [1.54, 1.807) is 18.3 Å². The zero-order valence-electron chi connectivity index (χ0n) is 13.6. The van der Waals surface area contributed by atoms with Gasteiger partial charge in [-0.25, -0.2) is 8.42 Å². The molecule has 0 N–H and O–H groups in total. The van der Waals surface area contributed by atoms with Crippen LogP contribution in [0.1, 0.15) is 24.0 Å². The Kier molecular flexibility index (Phi) is 3.35. The molecule has 4 nitrogen and oxygen atoms in total. The Labute approximate surface area is 141 Å². The molecule has 0 saturated heterocycles. The van der Waals surface area contributed by atoms with Crippen LogP contribution in [0.25, 0.3) is 10.9 Å². The van der Waals surface area contributed by atoms with Crippen molar-refractivity contribution in [3.05, 3.63) is 65.9 Å². The van der Waals surface area contributed by atoms with Gasteiger partial charge in [-0.1, -0.05) is 37.3 Å². The van der Waals surface area contributed by atoms with Crippen molar-refractivity contribution in [1.29, 1.82) is 0 Å². The van der Waals surface area contributed by atoms with Gasteiger partial charge in [-0.2, -0.15) is 0 Å². The molecule has 0 fully saturated rings. The molecule has 1 unspecified atom stereocenters. The molecule has 4 rings (SSSR count). The molecule has 0 radical (unpaired) electrons. The number of sulfonamides is 1. The lowest BCUT2D eigenvalue weighted by Crippen LogP contribution is -2.30. The number of hydrogen-bond acceptors (Lipinski definition) is 3. The number of para-hydroxylation sites is 2. The van der Waals surface area contributed by atoms with Gasteiger partial charge in [0.05, 0.1) is 11.2 Å². The third-order valence-electron chi connectivity index (χ3n) is 4.55. The second-order valence-corrected chi connectivity index (χ2v) is 8.17. The summed E-state index contributed by atoms with van der Waals surface area (Å²) in [6.07, 6.45) is 1.71. The van der Waals surface area contributed by atoms with Crippen molar-refractivity contribution in [2.24, 2.45) is 0 Å². The predicted octanol–water partition coefficient (Wildman–Crippen LogP) is 3.86. The Hall–Kier alpha value is -2.40. The third kappa shape index (κ3) is 2.19. The first-order valence-electron chi connectivity index (χ1n) is 7.95. The van der Waals surface area contributed by atoms with Gasteiger partial charge in [0.2, 0.25) is 0 Å². The van der Waals surface area contributed by atoms with Crippen molar-refractivity contribution in [3.63, 3.8) is 0 Å². The van der Waals surface area contributed by atoms with Crippen molar-refractivity contribution in [1.82, 2.24) is 4.98 Å². The van der Waals surface area contributed by atoms with Crippen molar-refractivity contribution in [2.45, 2.75) is 24.7 Å². The Morgan fingerprint density at radius 2 is 1.92 bits per heavy atom. The van der Waals surface area contributed by atoms with Crippen molar-refractivity contribution < 1.29 is 8.42 Å². The predicted molar refractivity (Wildman–Crippen MR) is 95.9 cm³/mol. The van der Waals surface area contributed by atoms with E-state index in [1.165, 1.54) is 4.31 Å². The number of pyridine rings is 1. The van der Waals surface area contributed by atoms with Gasteiger partial charge in [-0.3, -0.25) is 9.29 Å².